The van der Waals surface area contributed by atoms with Crippen molar-refractivity contribution in [3.05, 3.63) is 18.2 Å². The Labute approximate surface area is 119 Å². The number of benzene rings is 1. The molecular formula is C13H20N2O4S. The smallest absolute Gasteiger partial charge is 0.305 e. The normalized spacial score (nSPS) is 11.1. The van der Waals surface area contributed by atoms with E-state index in [1.165, 1.54) is 12.1 Å². The first kappa shape index (κ1) is 16.3. The van der Waals surface area contributed by atoms with E-state index in [0.29, 0.717) is 37.4 Å². The van der Waals surface area contributed by atoms with Gasteiger partial charge in [0.2, 0.25) is 0 Å². The van der Waals surface area contributed by atoms with Crippen LogP contribution in [-0.2, 0) is 19.4 Å². The molecule has 0 aliphatic rings. The first-order valence-corrected chi connectivity index (χ1v) is 8.22. The number of hydrogen-bond acceptors (Lipinski definition) is 6. The summed E-state index contributed by atoms with van der Waals surface area (Å²) in [6.45, 7) is 2.70. The van der Waals surface area contributed by atoms with Gasteiger partial charge in [-0.25, -0.2) is 8.42 Å². The molecule has 0 spiro atoms. The predicted molar refractivity (Wildman–Crippen MR) is 78.3 cm³/mol. The van der Waals surface area contributed by atoms with Gasteiger partial charge in [-0.15, -0.1) is 0 Å². The Bertz CT molecular complexity index is 570. The molecule has 0 aliphatic heterocycles. The lowest BCUT2D eigenvalue weighted by molar-refractivity contribution is -0.143. The molecule has 1 aromatic rings. The van der Waals surface area contributed by atoms with Gasteiger partial charge in [0.1, 0.15) is 0 Å². The van der Waals surface area contributed by atoms with Crippen LogP contribution in [0.1, 0.15) is 19.8 Å². The Morgan fingerprint density at radius 2 is 2.10 bits per heavy atom. The van der Waals surface area contributed by atoms with Crippen LogP contribution in [0.25, 0.3) is 0 Å². The molecule has 112 valence electrons. The van der Waals surface area contributed by atoms with Crippen LogP contribution in [0.15, 0.2) is 23.1 Å². The zero-order valence-electron chi connectivity index (χ0n) is 11.7. The molecule has 0 saturated carbocycles. The summed E-state index contributed by atoms with van der Waals surface area (Å²) in [5.41, 5.74) is 6.81. The molecule has 0 bridgehead atoms. The van der Waals surface area contributed by atoms with Crippen LogP contribution in [0.2, 0.25) is 0 Å². The molecule has 0 heterocycles. The van der Waals surface area contributed by atoms with E-state index in [4.69, 9.17) is 10.5 Å². The fraction of sp³-hybridized carbons (Fsp3) is 0.462. The zero-order chi connectivity index (χ0) is 15.2. The molecule has 0 saturated heterocycles. The number of anilines is 2. The molecule has 0 aromatic heterocycles. The van der Waals surface area contributed by atoms with E-state index >= 15 is 0 Å². The molecule has 3 N–H and O–H groups in total. The Morgan fingerprint density at radius 1 is 1.40 bits per heavy atom. The van der Waals surface area contributed by atoms with E-state index < -0.39 is 9.84 Å². The second-order valence-corrected chi connectivity index (χ2v) is 6.37. The first-order valence-electron chi connectivity index (χ1n) is 6.33. The third-order valence-electron chi connectivity index (χ3n) is 2.63. The number of rotatable bonds is 7. The highest BCUT2D eigenvalue weighted by Gasteiger charge is 2.09. The van der Waals surface area contributed by atoms with Crippen LogP contribution in [0.5, 0.6) is 0 Å². The average molecular weight is 300 g/mol. The van der Waals surface area contributed by atoms with Gasteiger partial charge in [0.05, 0.1) is 22.9 Å². The number of sulfone groups is 1. The van der Waals surface area contributed by atoms with Gasteiger partial charge < -0.3 is 15.8 Å². The van der Waals surface area contributed by atoms with E-state index in [2.05, 4.69) is 5.32 Å². The third kappa shape index (κ3) is 5.08. The second kappa shape index (κ2) is 7.14. The van der Waals surface area contributed by atoms with Gasteiger partial charge in [0.15, 0.2) is 9.84 Å². The minimum atomic E-state index is -3.25. The highest BCUT2D eigenvalue weighted by molar-refractivity contribution is 7.90. The molecule has 6 nitrogen and oxygen atoms in total. The fourth-order valence-corrected chi connectivity index (χ4v) is 2.28. The standard InChI is InChI=1S/C13H20N2O4S/c1-3-19-13(16)5-4-8-15-12-7-6-10(9-11(12)14)20(2,17)18/h6-7,9,15H,3-5,8,14H2,1-2H3. The van der Waals surface area contributed by atoms with Gasteiger partial charge in [0, 0.05) is 19.2 Å². The van der Waals surface area contributed by atoms with Crippen LogP contribution in [0.4, 0.5) is 11.4 Å². The molecule has 1 aromatic carbocycles. The maximum Gasteiger partial charge on any atom is 0.305 e. The van der Waals surface area contributed by atoms with Crippen molar-refractivity contribution in [1.82, 2.24) is 0 Å². The molecule has 0 fully saturated rings. The SMILES string of the molecule is CCOC(=O)CCCNc1ccc(S(C)(=O)=O)cc1N. The van der Waals surface area contributed by atoms with Crippen LogP contribution in [-0.4, -0.2) is 33.8 Å². The first-order chi connectivity index (χ1) is 9.34. The van der Waals surface area contributed by atoms with Crippen molar-refractivity contribution < 1.29 is 17.9 Å². The largest absolute Gasteiger partial charge is 0.466 e. The van der Waals surface area contributed by atoms with Crippen LogP contribution >= 0.6 is 0 Å². The quantitative estimate of drug-likeness (QED) is 0.449. The number of carbonyl (C=O) groups is 1. The van der Waals surface area contributed by atoms with E-state index in [1.807, 2.05) is 0 Å². The lowest BCUT2D eigenvalue weighted by Crippen LogP contribution is -2.09. The number of nitrogens with one attached hydrogen (secondary N) is 1. The summed E-state index contributed by atoms with van der Waals surface area (Å²) in [4.78, 5) is 11.3. The van der Waals surface area contributed by atoms with Crippen molar-refractivity contribution in [3.63, 3.8) is 0 Å². The highest BCUT2D eigenvalue weighted by atomic mass is 32.2. The third-order valence-corrected chi connectivity index (χ3v) is 3.74. The maximum absolute atomic E-state index is 11.4. The van der Waals surface area contributed by atoms with E-state index in [-0.39, 0.29) is 10.9 Å². The zero-order valence-corrected chi connectivity index (χ0v) is 12.5. The number of nitrogen functional groups attached to an aromatic ring is 1. The monoisotopic (exact) mass is 300 g/mol. The molecule has 0 radical (unpaired) electrons. The molecule has 20 heavy (non-hydrogen) atoms. The lowest BCUT2D eigenvalue weighted by Gasteiger charge is -2.10. The van der Waals surface area contributed by atoms with Crippen molar-refractivity contribution in [3.8, 4) is 0 Å². The molecule has 1 rings (SSSR count). The Kier molecular flexibility index (Phi) is 5.82. The van der Waals surface area contributed by atoms with Gasteiger partial charge in [-0.2, -0.15) is 0 Å². The predicted octanol–water partition coefficient (Wildman–Crippen LogP) is 1.43. The van der Waals surface area contributed by atoms with Gasteiger partial charge in [-0.1, -0.05) is 0 Å². The molecule has 0 amide bonds. The van der Waals surface area contributed by atoms with Crippen LogP contribution in [0.3, 0.4) is 0 Å². The minimum absolute atomic E-state index is 0.187. The van der Waals surface area contributed by atoms with Gasteiger partial charge in [-0.3, -0.25) is 4.79 Å². The average Bonchev–Trinajstić information content (AvgIpc) is 2.35. The summed E-state index contributed by atoms with van der Waals surface area (Å²) < 4.78 is 27.5. The van der Waals surface area contributed by atoms with Crippen molar-refractivity contribution in [1.29, 1.82) is 0 Å². The summed E-state index contributed by atoms with van der Waals surface area (Å²) in [5, 5.41) is 3.06. The summed E-state index contributed by atoms with van der Waals surface area (Å²) in [5.74, 6) is -0.227. The van der Waals surface area contributed by atoms with Crippen molar-refractivity contribution in [2.75, 3.05) is 30.5 Å². The summed E-state index contributed by atoms with van der Waals surface area (Å²) in [7, 11) is -3.25. The molecule has 0 aliphatic carbocycles. The molecular weight excluding hydrogens is 280 g/mol. The topological polar surface area (TPSA) is 98.5 Å². The summed E-state index contributed by atoms with van der Waals surface area (Å²) >= 11 is 0. The summed E-state index contributed by atoms with van der Waals surface area (Å²) in [6, 6.07) is 4.54. The van der Waals surface area contributed by atoms with E-state index in [1.54, 1.807) is 13.0 Å². The van der Waals surface area contributed by atoms with Gasteiger partial charge >= 0.3 is 5.97 Å². The Hall–Kier alpha value is -1.76. The lowest BCUT2D eigenvalue weighted by atomic mass is 10.2. The van der Waals surface area contributed by atoms with Crippen molar-refractivity contribution >= 4 is 27.2 Å². The molecule has 7 heteroatoms. The molecule has 0 unspecified atom stereocenters. The van der Waals surface area contributed by atoms with E-state index in [9.17, 15) is 13.2 Å². The van der Waals surface area contributed by atoms with Gasteiger partial charge in [-0.05, 0) is 31.5 Å². The maximum atomic E-state index is 11.4. The highest BCUT2D eigenvalue weighted by Crippen LogP contribution is 2.22. The van der Waals surface area contributed by atoms with Gasteiger partial charge in [0.25, 0.3) is 0 Å². The van der Waals surface area contributed by atoms with Crippen LogP contribution < -0.4 is 11.1 Å². The molecule has 0 atom stereocenters. The number of ether oxygens (including phenoxy) is 1. The van der Waals surface area contributed by atoms with Crippen molar-refractivity contribution in [2.45, 2.75) is 24.7 Å². The number of carbonyl (C=O) groups excluding carboxylic acids is 1. The minimum Gasteiger partial charge on any atom is -0.466 e. The Balaban J connectivity index is 2.51. The van der Waals surface area contributed by atoms with Crippen LogP contribution in [0, 0.1) is 0 Å². The fourth-order valence-electron chi connectivity index (χ4n) is 1.62. The number of hydrogen-bond donors (Lipinski definition) is 2. The summed E-state index contributed by atoms with van der Waals surface area (Å²) in [6.07, 6.45) is 2.09. The van der Waals surface area contributed by atoms with E-state index in [0.717, 1.165) is 6.26 Å². The second-order valence-electron chi connectivity index (χ2n) is 4.36. The number of nitrogens with two attached hydrogens (primary N) is 1. The van der Waals surface area contributed by atoms with Crippen molar-refractivity contribution in [2.24, 2.45) is 0 Å². The Morgan fingerprint density at radius 3 is 2.65 bits per heavy atom. The number of esters is 1.